The van der Waals surface area contributed by atoms with Crippen LogP contribution in [0.5, 0.6) is 0 Å². The van der Waals surface area contributed by atoms with Gasteiger partial charge in [0.1, 0.15) is 11.4 Å². The van der Waals surface area contributed by atoms with Crippen LogP contribution < -0.4 is 10.4 Å². The molecule has 33 heavy (non-hydrogen) atoms. The molecular weight excluding hydrogens is 417 g/mol. The van der Waals surface area contributed by atoms with E-state index >= 15 is 0 Å². The Balaban J connectivity index is 1.52. The molecule has 0 aliphatic carbocycles. The number of carbonyl (C=O) groups is 1. The van der Waals surface area contributed by atoms with Gasteiger partial charge in [0, 0.05) is 31.6 Å². The van der Waals surface area contributed by atoms with Crippen LogP contribution in [0, 0.1) is 6.92 Å². The fourth-order valence-electron chi connectivity index (χ4n) is 4.17. The van der Waals surface area contributed by atoms with Gasteiger partial charge < -0.3 is 23.8 Å². The average Bonchev–Trinajstić information content (AvgIpc) is 2.93. The number of fused-ring (bicyclic) bond motifs is 1. The standard InChI is InChI=1S/C25H36BN3O4/c1-17-15-18(26-32-24(5,6)25(7,8)33-26)16-20-19(17)9-10-21(27-20)28-11-13-29(14-12-28)22(30)31-23(2,3)4/h9-10,15-16H,11-14H2,1-8H3. The number of carbonyl (C=O) groups excluding carboxylic acids is 1. The molecule has 2 fully saturated rings. The number of pyridine rings is 1. The van der Waals surface area contributed by atoms with Crippen molar-refractivity contribution in [2.75, 3.05) is 31.1 Å². The Kier molecular flexibility index (Phi) is 5.90. The van der Waals surface area contributed by atoms with Crippen LogP contribution in [-0.2, 0) is 14.0 Å². The SMILES string of the molecule is Cc1cc(B2OC(C)(C)C(C)(C)O2)cc2nc(N3CCN(C(=O)OC(C)(C)C)CC3)ccc12. The quantitative estimate of drug-likeness (QED) is 0.643. The second kappa shape index (κ2) is 8.17. The third kappa shape index (κ3) is 4.82. The van der Waals surface area contributed by atoms with E-state index in [1.165, 1.54) is 0 Å². The summed E-state index contributed by atoms with van der Waals surface area (Å²) in [5, 5.41) is 1.12. The Labute approximate surface area is 197 Å². The molecule has 0 spiro atoms. The molecule has 2 aliphatic heterocycles. The molecule has 1 aromatic carbocycles. The van der Waals surface area contributed by atoms with Gasteiger partial charge in [0.05, 0.1) is 16.7 Å². The summed E-state index contributed by atoms with van der Waals surface area (Å²) in [5.74, 6) is 0.914. The summed E-state index contributed by atoms with van der Waals surface area (Å²) >= 11 is 0. The minimum absolute atomic E-state index is 0.253. The summed E-state index contributed by atoms with van der Waals surface area (Å²) < 4.78 is 18.0. The molecule has 2 aromatic rings. The van der Waals surface area contributed by atoms with E-state index in [-0.39, 0.29) is 17.3 Å². The lowest BCUT2D eigenvalue weighted by Gasteiger charge is -2.36. The van der Waals surface area contributed by atoms with Crippen LogP contribution in [0.1, 0.15) is 54.0 Å². The number of hydrogen-bond acceptors (Lipinski definition) is 6. The molecule has 1 amide bonds. The van der Waals surface area contributed by atoms with Crippen molar-refractivity contribution < 1.29 is 18.8 Å². The molecule has 7 nitrogen and oxygen atoms in total. The molecule has 0 atom stereocenters. The summed E-state index contributed by atoms with van der Waals surface area (Å²) in [7, 11) is -0.416. The highest BCUT2D eigenvalue weighted by atomic mass is 16.7. The third-order valence-electron chi connectivity index (χ3n) is 6.80. The predicted molar refractivity (Wildman–Crippen MR) is 132 cm³/mol. The normalized spacial score (nSPS) is 20.4. The number of piperazine rings is 1. The lowest BCUT2D eigenvalue weighted by Crippen LogP contribution is -2.50. The zero-order chi connectivity index (χ0) is 24.2. The lowest BCUT2D eigenvalue weighted by atomic mass is 9.78. The minimum Gasteiger partial charge on any atom is -0.444 e. The number of nitrogens with zero attached hydrogens (tertiary/aromatic N) is 3. The van der Waals surface area contributed by atoms with Gasteiger partial charge in [0.2, 0.25) is 0 Å². The Morgan fingerprint density at radius 2 is 1.64 bits per heavy atom. The van der Waals surface area contributed by atoms with Crippen LogP contribution in [0.4, 0.5) is 10.6 Å². The molecule has 178 valence electrons. The Bertz CT molecular complexity index is 1040. The highest BCUT2D eigenvalue weighted by molar-refractivity contribution is 6.62. The van der Waals surface area contributed by atoms with E-state index in [1.54, 1.807) is 4.90 Å². The van der Waals surface area contributed by atoms with E-state index in [9.17, 15) is 4.79 Å². The zero-order valence-corrected chi connectivity index (χ0v) is 21.2. The fraction of sp³-hybridized carbons (Fsp3) is 0.600. The molecule has 3 heterocycles. The van der Waals surface area contributed by atoms with Crippen molar-refractivity contribution in [1.82, 2.24) is 9.88 Å². The molecule has 2 saturated heterocycles. The van der Waals surface area contributed by atoms with Crippen LogP contribution >= 0.6 is 0 Å². The number of aryl methyl sites for hydroxylation is 1. The van der Waals surface area contributed by atoms with E-state index in [1.807, 2.05) is 20.8 Å². The number of aromatic nitrogens is 1. The van der Waals surface area contributed by atoms with Crippen molar-refractivity contribution in [2.45, 2.75) is 72.2 Å². The van der Waals surface area contributed by atoms with Gasteiger partial charge in [-0.1, -0.05) is 6.07 Å². The second-order valence-electron chi connectivity index (χ2n) is 11.1. The Morgan fingerprint density at radius 3 is 2.21 bits per heavy atom. The maximum Gasteiger partial charge on any atom is 0.494 e. The molecule has 1 aromatic heterocycles. The highest BCUT2D eigenvalue weighted by Gasteiger charge is 2.51. The smallest absolute Gasteiger partial charge is 0.444 e. The first-order valence-corrected chi connectivity index (χ1v) is 11.8. The molecule has 0 N–H and O–H groups in total. The maximum atomic E-state index is 12.4. The number of benzene rings is 1. The van der Waals surface area contributed by atoms with Crippen LogP contribution in [0.25, 0.3) is 10.9 Å². The molecule has 8 heteroatoms. The molecule has 0 unspecified atom stereocenters. The topological polar surface area (TPSA) is 64.1 Å². The van der Waals surface area contributed by atoms with E-state index in [0.717, 1.165) is 27.7 Å². The van der Waals surface area contributed by atoms with Crippen LogP contribution in [-0.4, -0.2) is 66.1 Å². The van der Waals surface area contributed by atoms with E-state index < -0.39 is 12.7 Å². The average molecular weight is 453 g/mol. The fourth-order valence-corrected chi connectivity index (χ4v) is 4.17. The van der Waals surface area contributed by atoms with Crippen LogP contribution in [0.2, 0.25) is 0 Å². The first-order chi connectivity index (χ1) is 15.3. The summed E-state index contributed by atoms with van der Waals surface area (Å²) in [5.41, 5.74) is 1.80. The van der Waals surface area contributed by atoms with Gasteiger partial charge in [-0.25, -0.2) is 9.78 Å². The minimum atomic E-state index is -0.485. The van der Waals surface area contributed by atoms with E-state index in [0.29, 0.717) is 26.2 Å². The number of ether oxygens (including phenoxy) is 1. The van der Waals surface area contributed by atoms with Gasteiger partial charge in [-0.15, -0.1) is 0 Å². The Morgan fingerprint density at radius 1 is 1.03 bits per heavy atom. The molecule has 4 rings (SSSR count). The number of rotatable bonds is 2. The largest absolute Gasteiger partial charge is 0.494 e. The van der Waals surface area contributed by atoms with Gasteiger partial charge in [0.15, 0.2) is 0 Å². The predicted octanol–water partition coefficient (Wildman–Crippen LogP) is 3.90. The summed E-state index contributed by atoms with van der Waals surface area (Å²) in [6.45, 7) is 18.7. The monoisotopic (exact) mass is 453 g/mol. The van der Waals surface area contributed by atoms with Gasteiger partial charge in [-0.05, 0) is 84.6 Å². The number of anilines is 1. The number of amides is 1. The van der Waals surface area contributed by atoms with Crippen LogP contribution in [0.3, 0.4) is 0 Å². The summed E-state index contributed by atoms with van der Waals surface area (Å²) in [6.07, 6.45) is -0.253. The Hall–Kier alpha value is -2.32. The van der Waals surface area contributed by atoms with Gasteiger partial charge in [-0.2, -0.15) is 0 Å². The molecule has 0 bridgehead atoms. The van der Waals surface area contributed by atoms with Crippen molar-refractivity contribution in [1.29, 1.82) is 0 Å². The van der Waals surface area contributed by atoms with Crippen molar-refractivity contribution in [3.05, 3.63) is 29.8 Å². The van der Waals surface area contributed by atoms with E-state index in [2.05, 4.69) is 63.8 Å². The van der Waals surface area contributed by atoms with Gasteiger partial charge in [0.25, 0.3) is 0 Å². The first kappa shape index (κ1) is 23.8. The summed E-state index contributed by atoms with van der Waals surface area (Å²) in [4.78, 5) is 21.3. The van der Waals surface area contributed by atoms with Crippen molar-refractivity contribution in [3.8, 4) is 0 Å². The van der Waals surface area contributed by atoms with Gasteiger partial charge in [-0.3, -0.25) is 0 Å². The zero-order valence-electron chi connectivity index (χ0n) is 21.2. The van der Waals surface area contributed by atoms with Crippen molar-refractivity contribution >= 4 is 35.4 Å². The molecule has 2 aliphatic rings. The third-order valence-corrected chi connectivity index (χ3v) is 6.80. The van der Waals surface area contributed by atoms with Crippen molar-refractivity contribution in [3.63, 3.8) is 0 Å². The summed E-state index contributed by atoms with van der Waals surface area (Å²) in [6, 6.07) is 8.39. The molecule has 0 radical (unpaired) electrons. The maximum absolute atomic E-state index is 12.4. The first-order valence-electron chi connectivity index (χ1n) is 11.8. The van der Waals surface area contributed by atoms with Crippen LogP contribution in [0.15, 0.2) is 24.3 Å². The van der Waals surface area contributed by atoms with E-state index in [4.69, 9.17) is 19.0 Å². The second-order valence-corrected chi connectivity index (χ2v) is 11.1. The molecular formula is C25H36BN3O4. The molecule has 0 saturated carbocycles. The lowest BCUT2D eigenvalue weighted by molar-refractivity contribution is 0.00578. The van der Waals surface area contributed by atoms with Gasteiger partial charge >= 0.3 is 13.2 Å². The van der Waals surface area contributed by atoms with Crippen molar-refractivity contribution in [2.24, 2.45) is 0 Å². The number of hydrogen-bond donors (Lipinski definition) is 0. The highest BCUT2D eigenvalue weighted by Crippen LogP contribution is 2.36.